The van der Waals surface area contributed by atoms with Crippen LogP contribution in [0.3, 0.4) is 0 Å². The predicted molar refractivity (Wildman–Crippen MR) is 113 cm³/mol. The number of benzene rings is 1. The van der Waals surface area contributed by atoms with Gasteiger partial charge in [-0.05, 0) is 44.3 Å². The van der Waals surface area contributed by atoms with E-state index >= 15 is 0 Å². The molecule has 3 heterocycles. The maximum absolute atomic E-state index is 12.8. The Labute approximate surface area is 171 Å². The molecule has 2 aliphatic heterocycles. The minimum atomic E-state index is -0.112. The van der Waals surface area contributed by atoms with E-state index in [4.69, 9.17) is 4.98 Å². The average molecular weight is 400 g/mol. The van der Waals surface area contributed by atoms with E-state index in [-0.39, 0.29) is 11.9 Å². The third-order valence-electron chi connectivity index (χ3n) is 5.64. The summed E-state index contributed by atoms with van der Waals surface area (Å²) in [6, 6.07) is 10.2. The summed E-state index contributed by atoms with van der Waals surface area (Å²) < 4.78 is 4.52. The highest BCUT2D eigenvalue weighted by molar-refractivity contribution is 7.09. The SMILES string of the molecule is O=C(NCCN1CCCCC1)C1CCCN1c1nc(Cc2ccccc2)ns1. The number of hydrogen-bond donors (Lipinski definition) is 1. The Hall–Kier alpha value is -1.99. The second-order valence-corrected chi connectivity index (χ2v) is 8.43. The van der Waals surface area contributed by atoms with Crippen LogP contribution in [0.1, 0.15) is 43.5 Å². The van der Waals surface area contributed by atoms with E-state index in [9.17, 15) is 4.79 Å². The zero-order chi connectivity index (χ0) is 19.2. The number of hydrogen-bond acceptors (Lipinski definition) is 6. The van der Waals surface area contributed by atoms with Crippen LogP contribution in [0, 0.1) is 0 Å². The Bertz CT molecular complexity index is 759. The van der Waals surface area contributed by atoms with Gasteiger partial charge in [0.2, 0.25) is 11.0 Å². The van der Waals surface area contributed by atoms with Crippen LogP contribution in [-0.4, -0.2) is 58.9 Å². The fourth-order valence-electron chi connectivity index (χ4n) is 4.12. The Morgan fingerprint density at radius 2 is 1.93 bits per heavy atom. The van der Waals surface area contributed by atoms with Gasteiger partial charge in [-0.2, -0.15) is 4.37 Å². The molecule has 4 rings (SSSR count). The van der Waals surface area contributed by atoms with Crippen LogP contribution in [0.25, 0.3) is 0 Å². The van der Waals surface area contributed by atoms with Gasteiger partial charge in [-0.25, -0.2) is 4.98 Å². The number of amides is 1. The van der Waals surface area contributed by atoms with Gasteiger partial charge in [0.05, 0.1) is 0 Å². The van der Waals surface area contributed by atoms with Crippen molar-refractivity contribution in [2.75, 3.05) is 37.6 Å². The van der Waals surface area contributed by atoms with Crippen molar-refractivity contribution in [3.63, 3.8) is 0 Å². The van der Waals surface area contributed by atoms with E-state index in [1.54, 1.807) is 0 Å². The molecule has 0 aliphatic carbocycles. The number of nitrogens with zero attached hydrogens (tertiary/aromatic N) is 4. The Kier molecular flexibility index (Phi) is 6.54. The molecule has 2 saturated heterocycles. The number of likely N-dealkylation sites (tertiary alicyclic amines) is 1. The summed E-state index contributed by atoms with van der Waals surface area (Å²) in [5.74, 6) is 0.969. The summed E-state index contributed by atoms with van der Waals surface area (Å²) >= 11 is 1.41. The van der Waals surface area contributed by atoms with E-state index in [0.717, 1.165) is 49.9 Å². The number of piperidine rings is 1. The molecule has 0 radical (unpaired) electrons. The Morgan fingerprint density at radius 3 is 2.75 bits per heavy atom. The monoisotopic (exact) mass is 399 g/mol. The smallest absolute Gasteiger partial charge is 0.242 e. The number of carbonyl (C=O) groups excluding carboxylic acids is 1. The van der Waals surface area contributed by atoms with Crippen LogP contribution in [0.2, 0.25) is 0 Å². The minimum absolute atomic E-state index is 0.112. The van der Waals surface area contributed by atoms with Gasteiger partial charge in [0.25, 0.3) is 0 Å². The lowest BCUT2D eigenvalue weighted by atomic mass is 10.1. The normalized spacial score (nSPS) is 20.4. The maximum Gasteiger partial charge on any atom is 0.242 e. The van der Waals surface area contributed by atoms with Crippen LogP contribution < -0.4 is 10.2 Å². The molecule has 150 valence electrons. The van der Waals surface area contributed by atoms with Gasteiger partial charge in [0.15, 0.2) is 0 Å². The first-order chi connectivity index (χ1) is 13.8. The number of carbonyl (C=O) groups is 1. The summed E-state index contributed by atoms with van der Waals surface area (Å²) in [4.78, 5) is 22.1. The maximum atomic E-state index is 12.8. The number of aromatic nitrogens is 2. The molecule has 1 aromatic heterocycles. The highest BCUT2D eigenvalue weighted by Gasteiger charge is 2.32. The lowest BCUT2D eigenvalue weighted by Crippen LogP contribution is -2.46. The van der Waals surface area contributed by atoms with Crippen molar-refractivity contribution in [1.82, 2.24) is 19.6 Å². The summed E-state index contributed by atoms with van der Waals surface area (Å²) in [7, 11) is 0. The van der Waals surface area contributed by atoms with Gasteiger partial charge < -0.3 is 15.1 Å². The standard InChI is InChI=1S/C21H29N5OS/c27-20(22-11-15-25-12-5-2-6-13-25)18-10-7-14-26(18)21-23-19(24-28-21)16-17-8-3-1-4-9-17/h1,3-4,8-9,18H,2,5-7,10-16H2,(H,22,27). The number of rotatable bonds is 7. The lowest BCUT2D eigenvalue weighted by molar-refractivity contribution is -0.122. The Balaban J connectivity index is 1.31. The van der Waals surface area contributed by atoms with E-state index in [1.807, 2.05) is 18.2 Å². The number of anilines is 1. The Morgan fingerprint density at radius 1 is 1.11 bits per heavy atom. The quantitative estimate of drug-likeness (QED) is 0.776. The molecule has 2 aliphatic rings. The molecule has 0 spiro atoms. The summed E-state index contributed by atoms with van der Waals surface area (Å²) in [5.41, 5.74) is 1.21. The highest BCUT2D eigenvalue weighted by Crippen LogP contribution is 2.27. The average Bonchev–Trinajstić information content (AvgIpc) is 3.39. The molecule has 2 fully saturated rings. The molecule has 2 aromatic rings. The largest absolute Gasteiger partial charge is 0.353 e. The van der Waals surface area contributed by atoms with Crippen LogP contribution in [0.4, 0.5) is 5.13 Å². The zero-order valence-corrected chi connectivity index (χ0v) is 17.2. The van der Waals surface area contributed by atoms with Crippen LogP contribution in [0.5, 0.6) is 0 Å². The van der Waals surface area contributed by atoms with Gasteiger partial charge in [0.1, 0.15) is 11.9 Å². The van der Waals surface area contributed by atoms with E-state index < -0.39 is 0 Å². The van der Waals surface area contributed by atoms with Crippen molar-refractivity contribution in [3.8, 4) is 0 Å². The number of nitrogens with one attached hydrogen (secondary N) is 1. The summed E-state index contributed by atoms with van der Waals surface area (Å²) in [6.45, 7) is 4.90. The van der Waals surface area contributed by atoms with Crippen molar-refractivity contribution in [2.24, 2.45) is 0 Å². The van der Waals surface area contributed by atoms with E-state index in [0.29, 0.717) is 0 Å². The lowest BCUT2D eigenvalue weighted by Gasteiger charge is -2.27. The molecule has 1 atom stereocenters. The van der Waals surface area contributed by atoms with Gasteiger partial charge in [-0.15, -0.1) is 0 Å². The van der Waals surface area contributed by atoms with E-state index in [2.05, 4.69) is 31.6 Å². The van der Waals surface area contributed by atoms with Crippen molar-refractivity contribution in [3.05, 3.63) is 41.7 Å². The third-order valence-corrected chi connectivity index (χ3v) is 6.43. The van der Waals surface area contributed by atoms with Crippen molar-refractivity contribution in [1.29, 1.82) is 0 Å². The van der Waals surface area contributed by atoms with Crippen molar-refractivity contribution in [2.45, 2.75) is 44.6 Å². The molecule has 0 saturated carbocycles. The summed E-state index contributed by atoms with van der Waals surface area (Å²) in [5, 5.41) is 4.03. The molecule has 7 heteroatoms. The third kappa shape index (κ3) is 4.89. The fourth-order valence-corrected chi connectivity index (χ4v) is 4.88. The molecule has 28 heavy (non-hydrogen) atoms. The van der Waals surface area contributed by atoms with Gasteiger partial charge in [-0.1, -0.05) is 36.8 Å². The highest BCUT2D eigenvalue weighted by atomic mass is 32.1. The van der Waals surface area contributed by atoms with Crippen LogP contribution in [0.15, 0.2) is 30.3 Å². The van der Waals surface area contributed by atoms with Crippen LogP contribution >= 0.6 is 11.5 Å². The second kappa shape index (κ2) is 9.47. The molecule has 1 unspecified atom stereocenters. The molecule has 1 amide bonds. The van der Waals surface area contributed by atoms with E-state index in [1.165, 1.54) is 49.4 Å². The summed E-state index contributed by atoms with van der Waals surface area (Å²) in [6.07, 6.45) is 6.56. The van der Waals surface area contributed by atoms with Gasteiger partial charge in [-0.3, -0.25) is 4.79 Å². The molecular formula is C21H29N5OS. The first-order valence-electron chi connectivity index (χ1n) is 10.4. The predicted octanol–water partition coefficient (Wildman–Crippen LogP) is 2.70. The molecule has 6 nitrogen and oxygen atoms in total. The topological polar surface area (TPSA) is 61.4 Å². The van der Waals surface area contributed by atoms with Crippen molar-refractivity contribution < 1.29 is 4.79 Å². The van der Waals surface area contributed by atoms with Crippen molar-refractivity contribution >= 4 is 22.6 Å². The van der Waals surface area contributed by atoms with Crippen LogP contribution in [-0.2, 0) is 11.2 Å². The van der Waals surface area contributed by atoms with Gasteiger partial charge >= 0.3 is 0 Å². The second-order valence-electron chi connectivity index (χ2n) is 7.70. The molecule has 1 aromatic carbocycles. The first kappa shape index (κ1) is 19.3. The molecule has 0 bridgehead atoms. The first-order valence-corrected chi connectivity index (χ1v) is 11.2. The molecular weight excluding hydrogens is 370 g/mol. The zero-order valence-electron chi connectivity index (χ0n) is 16.3. The minimum Gasteiger partial charge on any atom is -0.353 e. The fraction of sp³-hybridized carbons (Fsp3) is 0.571. The molecule has 1 N–H and O–H groups in total. The van der Waals surface area contributed by atoms with Gasteiger partial charge in [0, 0.05) is 37.6 Å².